The van der Waals surface area contributed by atoms with E-state index in [1.165, 1.54) is 18.2 Å². The number of aryl methyl sites for hydroxylation is 2. The molecule has 0 atom stereocenters. The van der Waals surface area contributed by atoms with Crippen molar-refractivity contribution < 1.29 is 22.7 Å². The SMILES string of the molecule is COc1ccccc1OCCNC(=O)c1ccc(Cl)c(S(=O)(=O)Nc2ccc(C)cc2C)c1. The third-order valence-corrected chi connectivity index (χ3v) is 6.67. The van der Waals surface area contributed by atoms with Crippen molar-refractivity contribution >= 4 is 33.2 Å². The van der Waals surface area contributed by atoms with Gasteiger partial charge in [0.05, 0.1) is 24.4 Å². The fourth-order valence-corrected chi connectivity index (χ4v) is 4.80. The van der Waals surface area contributed by atoms with Gasteiger partial charge in [-0.05, 0) is 55.8 Å². The molecule has 0 spiro atoms. The van der Waals surface area contributed by atoms with Crippen LogP contribution in [0, 0.1) is 13.8 Å². The molecule has 0 unspecified atom stereocenters. The zero-order valence-electron chi connectivity index (χ0n) is 18.5. The molecular weight excluding hydrogens is 464 g/mol. The van der Waals surface area contributed by atoms with Crippen LogP contribution in [0.5, 0.6) is 11.5 Å². The van der Waals surface area contributed by atoms with Crippen LogP contribution in [0.4, 0.5) is 5.69 Å². The van der Waals surface area contributed by atoms with E-state index in [1.54, 1.807) is 25.3 Å². The molecule has 1 amide bonds. The number of sulfonamides is 1. The summed E-state index contributed by atoms with van der Waals surface area (Å²) in [5, 5.41) is 2.72. The summed E-state index contributed by atoms with van der Waals surface area (Å²) in [5.74, 6) is 0.706. The molecule has 0 aliphatic heterocycles. The molecule has 0 aromatic heterocycles. The lowest BCUT2D eigenvalue weighted by Gasteiger charge is -2.14. The van der Waals surface area contributed by atoms with E-state index >= 15 is 0 Å². The lowest BCUT2D eigenvalue weighted by Crippen LogP contribution is -2.28. The summed E-state index contributed by atoms with van der Waals surface area (Å²) in [6, 6.07) is 16.7. The van der Waals surface area contributed by atoms with Crippen LogP contribution >= 0.6 is 11.6 Å². The molecule has 3 aromatic rings. The Morgan fingerprint density at radius 1 is 1.00 bits per heavy atom. The highest BCUT2D eigenvalue weighted by Crippen LogP contribution is 2.27. The molecule has 0 aliphatic rings. The Bertz CT molecular complexity index is 1260. The Hall–Kier alpha value is -3.23. The minimum Gasteiger partial charge on any atom is -0.493 e. The summed E-state index contributed by atoms with van der Waals surface area (Å²) >= 11 is 6.16. The van der Waals surface area contributed by atoms with Crippen molar-refractivity contribution in [2.45, 2.75) is 18.7 Å². The number of methoxy groups -OCH3 is 1. The molecule has 0 bridgehead atoms. The van der Waals surface area contributed by atoms with E-state index in [9.17, 15) is 13.2 Å². The van der Waals surface area contributed by atoms with Gasteiger partial charge < -0.3 is 14.8 Å². The van der Waals surface area contributed by atoms with Crippen LogP contribution in [0.1, 0.15) is 21.5 Å². The molecule has 3 aromatic carbocycles. The highest BCUT2D eigenvalue weighted by molar-refractivity contribution is 7.92. The Balaban J connectivity index is 1.67. The largest absolute Gasteiger partial charge is 0.493 e. The molecule has 0 saturated heterocycles. The quantitative estimate of drug-likeness (QED) is 0.430. The number of carbonyl (C=O) groups excluding carboxylic acids is 1. The summed E-state index contributed by atoms with van der Waals surface area (Å²) in [6.07, 6.45) is 0. The van der Waals surface area contributed by atoms with Gasteiger partial charge in [0, 0.05) is 5.56 Å². The van der Waals surface area contributed by atoms with Gasteiger partial charge in [-0.15, -0.1) is 0 Å². The average Bonchev–Trinajstić information content (AvgIpc) is 2.79. The molecule has 174 valence electrons. The van der Waals surface area contributed by atoms with Crippen molar-refractivity contribution in [2.75, 3.05) is 25.0 Å². The van der Waals surface area contributed by atoms with Crippen LogP contribution in [0.3, 0.4) is 0 Å². The topological polar surface area (TPSA) is 93.7 Å². The third kappa shape index (κ3) is 6.18. The number of hydrogen-bond donors (Lipinski definition) is 2. The maximum absolute atomic E-state index is 13.0. The van der Waals surface area contributed by atoms with E-state index in [-0.39, 0.29) is 28.6 Å². The van der Waals surface area contributed by atoms with Crippen LogP contribution in [0.15, 0.2) is 65.6 Å². The fourth-order valence-electron chi connectivity index (χ4n) is 3.14. The zero-order chi connectivity index (χ0) is 24.0. The van der Waals surface area contributed by atoms with Crippen LogP contribution in [0.25, 0.3) is 0 Å². The highest BCUT2D eigenvalue weighted by atomic mass is 35.5. The standard InChI is InChI=1S/C24H25ClN2O5S/c1-16-8-11-20(17(2)14-16)27-33(29,30)23-15-18(9-10-19(23)25)24(28)26-12-13-32-22-7-5-4-6-21(22)31-3/h4-11,14-15,27H,12-13H2,1-3H3,(H,26,28). The molecule has 0 radical (unpaired) electrons. The van der Waals surface area contributed by atoms with Gasteiger partial charge in [0.2, 0.25) is 0 Å². The second-order valence-electron chi connectivity index (χ2n) is 7.32. The molecule has 0 heterocycles. The van der Waals surface area contributed by atoms with Crippen molar-refractivity contribution in [1.82, 2.24) is 5.32 Å². The van der Waals surface area contributed by atoms with E-state index in [0.29, 0.717) is 17.2 Å². The Labute approximate surface area is 198 Å². The maximum Gasteiger partial charge on any atom is 0.263 e. The number of anilines is 1. The van der Waals surface area contributed by atoms with Crippen molar-refractivity contribution in [1.29, 1.82) is 0 Å². The minimum atomic E-state index is -4.00. The number of rotatable bonds is 9. The number of ether oxygens (including phenoxy) is 2. The van der Waals surface area contributed by atoms with Crippen LogP contribution in [0.2, 0.25) is 5.02 Å². The summed E-state index contributed by atoms with van der Waals surface area (Å²) in [4.78, 5) is 12.4. The molecule has 2 N–H and O–H groups in total. The third-order valence-electron chi connectivity index (χ3n) is 4.82. The zero-order valence-corrected chi connectivity index (χ0v) is 20.1. The Morgan fingerprint density at radius 3 is 2.42 bits per heavy atom. The van der Waals surface area contributed by atoms with E-state index in [4.69, 9.17) is 21.1 Å². The number of para-hydroxylation sites is 2. The molecule has 0 saturated carbocycles. The number of halogens is 1. The van der Waals surface area contributed by atoms with Gasteiger partial charge in [-0.1, -0.05) is 41.4 Å². The average molecular weight is 489 g/mol. The molecule has 0 aliphatic carbocycles. The lowest BCUT2D eigenvalue weighted by molar-refractivity contribution is 0.0946. The normalized spacial score (nSPS) is 11.0. The predicted octanol–water partition coefficient (Wildman–Crippen LogP) is 4.58. The highest BCUT2D eigenvalue weighted by Gasteiger charge is 2.21. The first kappa shape index (κ1) is 24.4. The molecule has 0 fully saturated rings. The van der Waals surface area contributed by atoms with Gasteiger partial charge in [0.15, 0.2) is 11.5 Å². The second-order valence-corrected chi connectivity index (χ2v) is 9.38. The van der Waals surface area contributed by atoms with Crippen LogP contribution in [-0.2, 0) is 10.0 Å². The Morgan fingerprint density at radius 2 is 1.73 bits per heavy atom. The smallest absolute Gasteiger partial charge is 0.263 e. The lowest BCUT2D eigenvalue weighted by atomic mass is 10.1. The van der Waals surface area contributed by atoms with Crippen molar-refractivity contribution in [2.24, 2.45) is 0 Å². The van der Waals surface area contributed by atoms with Crippen molar-refractivity contribution in [3.05, 3.63) is 82.4 Å². The van der Waals surface area contributed by atoms with Crippen molar-refractivity contribution in [3.63, 3.8) is 0 Å². The van der Waals surface area contributed by atoms with Gasteiger partial charge >= 0.3 is 0 Å². The van der Waals surface area contributed by atoms with Gasteiger partial charge in [0.1, 0.15) is 11.5 Å². The van der Waals surface area contributed by atoms with Gasteiger partial charge in [-0.3, -0.25) is 9.52 Å². The summed E-state index contributed by atoms with van der Waals surface area (Å²) in [5.41, 5.74) is 2.40. The summed E-state index contributed by atoms with van der Waals surface area (Å²) in [7, 11) is -2.46. The molecule has 9 heteroatoms. The first-order valence-corrected chi connectivity index (χ1v) is 12.0. The van der Waals surface area contributed by atoms with Gasteiger partial charge in [-0.25, -0.2) is 8.42 Å². The predicted molar refractivity (Wildman–Crippen MR) is 129 cm³/mol. The fraction of sp³-hybridized carbons (Fsp3) is 0.208. The summed E-state index contributed by atoms with van der Waals surface area (Å²) < 4.78 is 39.3. The number of nitrogens with one attached hydrogen (secondary N) is 2. The molecular formula is C24H25ClN2O5S. The van der Waals surface area contributed by atoms with E-state index in [0.717, 1.165) is 11.1 Å². The first-order valence-electron chi connectivity index (χ1n) is 10.1. The molecule has 33 heavy (non-hydrogen) atoms. The Kier molecular flexibility index (Phi) is 7.84. The maximum atomic E-state index is 13.0. The van der Waals surface area contributed by atoms with Crippen molar-refractivity contribution in [3.8, 4) is 11.5 Å². The molecule has 7 nitrogen and oxygen atoms in total. The second kappa shape index (κ2) is 10.6. The summed E-state index contributed by atoms with van der Waals surface area (Å²) in [6.45, 7) is 4.15. The van der Waals surface area contributed by atoms with E-state index in [2.05, 4.69) is 10.0 Å². The first-order chi connectivity index (χ1) is 15.7. The number of amides is 1. The van der Waals surface area contributed by atoms with Crippen LogP contribution in [-0.4, -0.2) is 34.6 Å². The number of benzene rings is 3. The van der Waals surface area contributed by atoms with Gasteiger partial charge in [-0.2, -0.15) is 0 Å². The molecule has 3 rings (SSSR count). The monoisotopic (exact) mass is 488 g/mol. The number of carbonyl (C=O) groups is 1. The van der Waals surface area contributed by atoms with E-state index in [1.807, 2.05) is 38.1 Å². The minimum absolute atomic E-state index is 0.0170. The van der Waals surface area contributed by atoms with E-state index < -0.39 is 15.9 Å². The van der Waals surface area contributed by atoms with Crippen LogP contribution < -0.4 is 19.5 Å². The number of hydrogen-bond acceptors (Lipinski definition) is 5. The van der Waals surface area contributed by atoms with Gasteiger partial charge in [0.25, 0.3) is 15.9 Å².